The number of methoxy groups -OCH3 is 1. The van der Waals surface area contributed by atoms with Crippen molar-refractivity contribution in [3.05, 3.63) is 70.1 Å². The lowest BCUT2D eigenvalue weighted by atomic mass is 10.0. The van der Waals surface area contributed by atoms with Gasteiger partial charge in [-0.1, -0.05) is 0 Å². The third-order valence-electron chi connectivity index (χ3n) is 7.80. The summed E-state index contributed by atoms with van der Waals surface area (Å²) >= 11 is 0. The molecule has 6 rings (SSSR count). The molecule has 4 heterocycles. The number of anilines is 1. The molecule has 0 bridgehead atoms. The van der Waals surface area contributed by atoms with Gasteiger partial charge in [-0.3, -0.25) is 19.3 Å². The number of imidazole rings is 1. The summed E-state index contributed by atoms with van der Waals surface area (Å²) in [6.45, 7) is 1.80. The Morgan fingerprint density at radius 1 is 1.05 bits per heavy atom. The van der Waals surface area contributed by atoms with Crippen LogP contribution in [-0.2, 0) is 0 Å². The molecule has 2 amide bonds. The number of hydrogen-bond donors (Lipinski definition) is 4. The fourth-order valence-electron chi connectivity index (χ4n) is 5.48. The molecular formula is C30H32N6O6. The molecule has 1 fully saturated rings. The number of amides is 2. The number of nitrogens with zero attached hydrogens (tertiary/aromatic N) is 3. The topological polar surface area (TPSA) is 153 Å². The molecule has 2 aromatic carbocycles. The van der Waals surface area contributed by atoms with Crippen LogP contribution in [0.4, 0.5) is 5.69 Å². The minimum absolute atomic E-state index is 0.0324. The number of pyridine rings is 1. The number of ether oxygens (including phenoxy) is 2. The molecule has 2 aliphatic heterocycles. The summed E-state index contributed by atoms with van der Waals surface area (Å²) in [5.41, 5.74) is 1.97. The van der Waals surface area contributed by atoms with Gasteiger partial charge in [-0.05, 0) is 75.4 Å². The first-order chi connectivity index (χ1) is 20.3. The molecule has 0 radical (unpaired) electrons. The maximum Gasteiger partial charge on any atom is 0.261 e. The van der Waals surface area contributed by atoms with Crippen molar-refractivity contribution in [3.8, 4) is 22.9 Å². The third kappa shape index (κ3) is 5.21. The number of carbonyl (C=O) groups excluding carboxylic acids is 2. The van der Waals surface area contributed by atoms with Crippen molar-refractivity contribution in [2.45, 2.75) is 25.0 Å². The van der Waals surface area contributed by atoms with Gasteiger partial charge >= 0.3 is 0 Å². The summed E-state index contributed by atoms with van der Waals surface area (Å²) in [7, 11) is 3.61. The highest BCUT2D eigenvalue weighted by molar-refractivity contribution is 6.23. The van der Waals surface area contributed by atoms with E-state index in [-0.39, 0.29) is 42.4 Å². The van der Waals surface area contributed by atoms with E-state index in [2.05, 4.69) is 25.2 Å². The zero-order valence-electron chi connectivity index (χ0n) is 23.3. The number of aliphatic hydroxyl groups is 1. The Bertz CT molecular complexity index is 1640. The first-order valence-corrected chi connectivity index (χ1v) is 13.8. The average Bonchev–Trinajstić information content (AvgIpc) is 3.51. The van der Waals surface area contributed by atoms with Crippen LogP contribution < -0.4 is 20.3 Å². The second-order valence-electron chi connectivity index (χ2n) is 10.6. The van der Waals surface area contributed by atoms with E-state index < -0.39 is 11.7 Å². The van der Waals surface area contributed by atoms with Crippen molar-refractivity contribution in [1.29, 1.82) is 0 Å². The van der Waals surface area contributed by atoms with Gasteiger partial charge in [0.25, 0.3) is 17.4 Å². The molecule has 4 N–H and O–H groups in total. The number of H-pyrrole nitrogens is 2. The van der Waals surface area contributed by atoms with Crippen LogP contribution >= 0.6 is 0 Å². The molecule has 12 nitrogen and oxygen atoms in total. The van der Waals surface area contributed by atoms with Crippen LogP contribution in [0.25, 0.3) is 22.4 Å². The second kappa shape index (κ2) is 11.3. The summed E-state index contributed by atoms with van der Waals surface area (Å²) < 4.78 is 10.8. The zero-order chi connectivity index (χ0) is 29.4. The number of piperidine rings is 1. The van der Waals surface area contributed by atoms with Gasteiger partial charge < -0.3 is 34.8 Å². The number of nitrogens with one attached hydrogen (secondary N) is 3. The van der Waals surface area contributed by atoms with Crippen LogP contribution in [0.5, 0.6) is 11.5 Å². The first-order valence-electron chi connectivity index (χ1n) is 13.8. The van der Waals surface area contributed by atoms with E-state index in [0.717, 1.165) is 25.9 Å². The third-order valence-corrected chi connectivity index (χ3v) is 7.80. The zero-order valence-corrected chi connectivity index (χ0v) is 23.3. The van der Waals surface area contributed by atoms with Crippen molar-refractivity contribution in [2.75, 3.05) is 45.7 Å². The molecule has 2 aromatic heterocycles. The van der Waals surface area contributed by atoms with E-state index in [9.17, 15) is 19.5 Å². The first kappa shape index (κ1) is 27.5. The molecule has 1 atom stereocenters. The monoisotopic (exact) mass is 572 g/mol. The molecule has 1 unspecified atom stereocenters. The number of carbonyl (C=O) groups is 2. The SMILES string of the molecule is COc1ccc(OCC(O)CNc2cc[nH]c(=O)c2-c2nc3cc4c(cc3[nH]2)C(=O)N(C2CCN(C)CC2)C4=O)cc1. The highest BCUT2D eigenvalue weighted by Crippen LogP contribution is 2.32. The minimum Gasteiger partial charge on any atom is -0.497 e. The number of hydrogen-bond acceptors (Lipinski definition) is 9. The lowest BCUT2D eigenvalue weighted by Gasteiger charge is -2.33. The Morgan fingerprint density at radius 3 is 2.45 bits per heavy atom. The normalized spacial score (nSPS) is 16.6. The van der Waals surface area contributed by atoms with Gasteiger partial charge in [0.2, 0.25) is 0 Å². The molecule has 1 saturated heterocycles. The van der Waals surface area contributed by atoms with Crippen molar-refractivity contribution in [3.63, 3.8) is 0 Å². The quantitative estimate of drug-likeness (QED) is 0.222. The molecule has 0 saturated carbocycles. The standard InChI is InChI=1S/C30H32N6O6/c1-35-11-8-17(9-12-35)36-29(39)21-13-24-25(14-22(21)30(36)40)34-27(33-24)26-23(7-10-31-28(26)38)32-15-18(37)16-42-20-5-3-19(41-2)4-6-20/h3-7,10,13-14,17-18,37H,8-9,11-12,15-16H2,1-2H3,(H,33,34)(H2,31,32,38). The van der Waals surface area contributed by atoms with E-state index in [1.165, 1.54) is 11.1 Å². The summed E-state index contributed by atoms with van der Waals surface area (Å²) in [5, 5.41) is 13.6. The molecule has 4 aromatic rings. The molecule has 12 heteroatoms. The van der Waals surface area contributed by atoms with Gasteiger partial charge in [0.05, 0.1) is 35.0 Å². The van der Waals surface area contributed by atoms with Gasteiger partial charge in [-0.2, -0.15) is 0 Å². The lowest BCUT2D eigenvalue weighted by Crippen LogP contribution is -2.46. The van der Waals surface area contributed by atoms with Gasteiger partial charge in [0, 0.05) is 18.8 Å². The van der Waals surface area contributed by atoms with Crippen molar-refractivity contribution in [1.82, 2.24) is 24.8 Å². The van der Waals surface area contributed by atoms with Crippen LogP contribution in [0, 0.1) is 0 Å². The van der Waals surface area contributed by atoms with E-state index in [1.54, 1.807) is 49.6 Å². The van der Waals surface area contributed by atoms with Crippen molar-refractivity contribution >= 4 is 28.5 Å². The Kier molecular flexibility index (Phi) is 7.40. The largest absolute Gasteiger partial charge is 0.497 e. The van der Waals surface area contributed by atoms with Gasteiger partial charge in [-0.25, -0.2) is 4.98 Å². The Labute approximate surface area is 241 Å². The maximum absolute atomic E-state index is 13.3. The van der Waals surface area contributed by atoms with E-state index in [4.69, 9.17) is 9.47 Å². The average molecular weight is 573 g/mol. The molecule has 218 valence electrons. The fourth-order valence-corrected chi connectivity index (χ4v) is 5.48. The fraction of sp³-hybridized carbons (Fsp3) is 0.333. The number of aliphatic hydroxyl groups excluding tert-OH is 1. The molecule has 0 spiro atoms. The van der Waals surface area contributed by atoms with Crippen LogP contribution in [0.2, 0.25) is 0 Å². The minimum atomic E-state index is -0.873. The number of aromatic nitrogens is 3. The summed E-state index contributed by atoms with van der Waals surface area (Å²) in [6.07, 6.45) is 2.12. The van der Waals surface area contributed by atoms with E-state index >= 15 is 0 Å². The van der Waals surface area contributed by atoms with Gasteiger partial charge in [-0.15, -0.1) is 0 Å². The van der Waals surface area contributed by atoms with Crippen molar-refractivity contribution < 1.29 is 24.2 Å². The maximum atomic E-state index is 13.3. The number of rotatable bonds is 9. The van der Waals surface area contributed by atoms with Crippen LogP contribution in [0.3, 0.4) is 0 Å². The molecular weight excluding hydrogens is 540 g/mol. The highest BCUT2D eigenvalue weighted by atomic mass is 16.5. The van der Waals surface area contributed by atoms with Crippen molar-refractivity contribution in [2.24, 2.45) is 0 Å². The number of imide groups is 1. The number of aromatic amines is 2. The Balaban J connectivity index is 1.19. The molecule has 42 heavy (non-hydrogen) atoms. The number of benzene rings is 2. The second-order valence-corrected chi connectivity index (χ2v) is 10.6. The molecule has 0 aliphatic carbocycles. The summed E-state index contributed by atoms with van der Waals surface area (Å²) in [5.74, 6) is 0.964. The Morgan fingerprint density at radius 2 is 1.74 bits per heavy atom. The predicted octanol–water partition coefficient (Wildman–Crippen LogP) is 2.47. The number of fused-ring (bicyclic) bond motifs is 2. The highest BCUT2D eigenvalue weighted by Gasteiger charge is 2.41. The lowest BCUT2D eigenvalue weighted by molar-refractivity contribution is 0.0516. The predicted molar refractivity (Wildman–Crippen MR) is 156 cm³/mol. The van der Waals surface area contributed by atoms with Crippen LogP contribution in [0.1, 0.15) is 33.6 Å². The number of likely N-dealkylation sites (tertiary alicyclic amines) is 1. The smallest absolute Gasteiger partial charge is 0.261 e. The van der Waals surface area contributed by atoms with Crippen LogP contribution in [0.15, 0.2) is 53.5 Å². The summed E-state index contributed by atoms with van der Waals surface area (Å²) in [4.78, 5) is 53.5. The van der Waals surface area contributed by atoms with Crippen LogP contribution in [-0.4, -0.2) is 94.2 Å². The van der Waals surface area contributed by atoms with E-state index in [1.807, 2.05) is 7.05 Å². The summed E-state index contributed by atoms with van der Waals surface area (Å²) in [6, 6.07) is 11.8. The molecule has 2 aliphatic rings. The van der Waals surface area contributed by atoms with Gasteiger partial charge in [0.1, 0.15) is 35.6 Å². The van der Waals surface area contributed by atoms with Gasteiger partial charge in [0.15, 0.2) is 0 Å². The Hall–Kier alpha value is -4.68. The van der Waals surface area contributed by atoms with E-state index in [0.29, 0.717) is 39.3 Å².